The third-order valence-electron chi connectivity index (χ3n) is 4.20. The van der Waals surface area contributed by atoms with Crippen LogP contribution in [0.4, 0.5) is 0 Å². The molecule has 4 rings (SSSR count). The van der Waals surface area contributed by atoms with Crippen LogP contribution in [0.25, 0.3) is 0 Å². The molecule has 0 aromatic heterocycles. The molecule has 2 aliphatic heterocycles. The lowest BCUT2D eigenvalue weighted by Crippen LogP contribution is -2.49. The number of nitrogens with zero attached hydrogens (tertiary/aromatic N) is 1. The van der Waals surface area contributed by atoms with E-state index in [0.29, 0.717) is 22.7 Å². The smallest absolute Gasteiger partial charge is 0.308 e. The van der Waals surface area contributed by atoms with Crippen molar-refractivity contribution in [3.63, 3.8) is 0 Å². The zero-order valence-corrected chi connectivity index (χ0v) is 11.8. The summed E-state index contributed by atoms with van der Waals surface area (Å²) >= 11 is 6.10. The molecular weight excluding hydrogens is 290 g/mol. The molecule has 1 fully saturated rings. The fourth-order valence-corrected chi connectivity index (χ4v) is 3.52. The highest BCUT2D eigenvalue weighted by molar-refractivity contribution is 6.30. The largest absolute Gasteiger partial charge is 0.532 e. The van der Waals surface area contributed by atoms with Crippen molar-refractivity contribution < 1.29 is 14.6 Å². The summed E-state index contributed by atoms with van der Waals surface area (Å²) in [5.41, 5.74) is 0.787. The maximum Gasteiger partial charge on any atom is 0.308 e. The molecule has 106 valence electrons. The summed E-state index contributed by atoms with van der Waals surface area (Å²) in [7, 11) is 0. The highest BCUT2D eigenvalue weighted by atomic mass is 35.5. The molecule has 5 heteroatoms. The first-order chi connectivity index (χ1) is 10.2. The second kappa shape index (κ2) is 4.31. The Kier molecular flexibility index (Phi) is 2.63. The minimum Gasteiger partial charge on any atom is -0.532 e. The van der Waals surface area contributed by atoms with Crippen LogP contribution in [0.15, 0.2) is 48.5 Å². The van der Waals surface area contributed by atoms with Crippen LogP contribution in [0.5, 0.6) is 0 Å². The van der Waals surface area contributed by atoms with Crippen molar-refractivity contribution in [2.75, 3.05) is 13.2 Å². The van der Waals surface area contributed by atoms with Gasteiger partial charge in [-0.15, -0.1) is 0 Å². The summed E-state index contributed by atoms with van der Waals surface area (Å²) in [6.07, 6.45) is 0. The van der Waals surface area contributed by atoms with E-state index < -0.39 is 5.72 Å². The number of carbonyl (C=O) groups is 1. The number of hydrogen-bond donors (Lipinski definition) is 0. The van der Waals surface area contributed by atoms with Gasteiger partial charge in [-0.05, 0) is 30.3 Å². The average Bonchev–Trinajstić information content (AvgIpc) is 2.96. The van der Waals surface area contributed by atoms with E-state index in [9.17, 15) is 10.1 Å². The second-order valence-corrected chi connectivity index (χ2v) is 5.64. The molecule has 2 aromatic rings. The topological polar surface area (TPSA) is 46.1 Å². The highest BCUT2D eigenvalue weighted by Crippen LogP contribution is 2.50. The van der Waals surface area contributed by atoms with Crippen molar-refractivity contribution in [1.82, 2.24) is 4.90 Å². The zero-order valence-electron chi connectivity index (χ0n) is 11.1. The zero-order chi connectivity index (χ0) is 14.6. The van der Waals surface area contributed by atoms with Crippen LogP contribution in [0.1, 0.15) is 21.5 Å². The van der Waals surface area contributed by atoms with E-state index in [1.807, 2.05) is 34.8 Å². The van der Waals surface area contributed by atoms with E-state index in [4.69, 9.17) is 11.6 Å². The number of rotatable bonds is 1. The lowest BCUT2D eigenvalue weighted by Gasteiger charge is -2.36. The van der Waals surface area contributed by atoms with Gasteiger partial charge in [-0.3, -0.25) is 9.69 Å². The first kappa shape index (κ1) is 12.8. The van der Waals surface area contributed by atoms with E-state index in [-0.39, 0.29) is 12.5 Å². The first-order valence-corrected chi connectivity index (χ1v) is 7.09. The van der Waals surface area contributed by atoms with Crippen LogP contribution >= 0.6 is 11.6 Å². The van der Waals surface area contributed by atoms with E-state index in [1.165, 1.54) is 0 Å². The van der Waals surface area contributed by atoms with E-state index in [0.717, 1.165) is 5.56 Å². The maximum absolute atomic E-state index is 12.6. The van der Waals surface area contributed by atoms with Gasteiger partial charge in [0.2, 0.25) is 0 Å². The molecule has 0 spiro atoms. The summed E-state index contributed by atoms with van der Waals surface area (Å²) in [5, 5.41) is 13.1. The number of hydrogen-bond acceptors (Lipinski definition) is 2. The Bertz CT molecular complexity index is 734. The normalized spacial score (nSPS) is 24.3. The molecule has 0 saturated carbocycles. The molecule has 0 radical (unpaired) electrons. The minimum atomic E-state index is -1.15. The van der Waals surface area contributed by atoms with Crippen LogP contribution in [0.3, 0.4) is 0 Å². The van der Waals surface area contributed by atoms with Gasteiger partial charge < -0.3 is 9.78 Å². The van der Waals surface area contributed by atoms with E-state index in [2.05, 4.69) is 0 Å². The molecular formula is C16H12ClNO3. The highest BCUT2D eigenvalue weighted by Gasteiger charge is 2.62. The van der Waals surface area contributed by atoms with Gasteiger partial charge in [0.15, 0.2) is 6.61 Å². The van der Waals surface area contributed by atoms with E-state index in [1.54, 1.807) is 23.1 Å². The Morgan fingerprint density at radius 3 is 2.71 bits per heavy atom. The molecule has 21 heavy (non-hydrogen) atoms. The summed E-state index contributed by atoms with van der Waals surface area (Å²) in [6, 6.07) is 14.4. The quantitative estimate of drug-likeness (QED) is 0.596. The molecule has 2 aromatic carbocycles. The van der Waals surface area contributed by atoms with Crippen LogP contribution in [0.2, 0.25) is 5.02 Å². The number of carbonyl (C=O) groups excluding carboxylic acids is 1. The predicted molar refractivity (Wildman–Crippen MR) is 75.7 cm³/mol. The fourth-order valence-electron chi connectivity index (χ4n) is 3.35. The molecule has 1 amide bonds. The molecule has 1 atom stereocenters. The molecule has 2 heterocycles. The van der Waals surface area contributed by atoms with Gasteiger partial charge in [0, 0.05) is 5.02 Å². The summed E-state index contributed by atoms with van der Waals surface area (Å²) in [6.45, 7) is 0.598. The lowest BCUT2D eigenvalue weighted by atomic mass is 9.94. The second-order valence-electron chi connectivity index (χ2n) is 5.21. The predicted octanol–water partition coefficient (Wildman–Crippen LogP) is 1.84. The van der Waals surface area contributed by atoms with Crippen molar-refractivity contribution in [2.24, 2.45) is 0 Å². The third-order valence-corrected chi connectivity index (χ3v) is 4.43. The Morgan fingerprint density at radius 2 is 1.95 bits per heavy atom. The fraction of sp³-hybridized carbons (Fsp3) is 0.188. The van der Waals surface area contributed by atoms with Crippen LogP contribution in [-0.4, -0.2) is 24.0 Å². The molecule has 0 N–H and O–H groups in total. The monoisotopic (exact) mass is 301 g/mol. The van der Waals surface area contributed by atoms with Gasteiger partial charge in [0.1, 0.15) is 0 Å². The molecule has 1 unspecified atom stereocenters. The summed E-state index contributed by atoms with van der Waals surface area (Å²) in [4.78, 5) is 14.2. The van der Waals surface area contributed by atoms with Gasteiger partial charge in [-0.25, -0.2) is 0 Å². The number of halogens is 1. The van der Waals surface area contributed by atoms with Crippen LogP contribution in [-0.2, 0) is 10.2 Å². The Balaban J connectivity index is 2.06. The van der Waals surface area contributed by atoms with Gasteiger partial charge in [0.25, 0.3) is 5.91 Å². The van der Waals surface area contributed by atoms with Gasteiger partial charge in [-0.2, -0.15) is 0 Å². The van der Waals surface area contributed by atoms with Gasteiger partial charge >= 0.3 is 5.72 Å². The Labute approximate surface area is 126 Å². The standard InChI is InChI=1S/C16H12ClNO3/c17-12-6-7-13-14(10-12)16(11-4-2-1-3-5-11)18(15(13)19)8-9-21(16)20/h1-7,10H,8-9H2. The first-order valence-electron chi connectivity index (χ1n) is 6.71. The van der Waals surface area contributed by atoms with Crippen molar-refractivity contribution >= 4 is 17.5 Å². The summed E-state index contributed by atoms with van der Waals surface area (Å²) < 4.78 is 1.92. The van der Waals surface area contributed by atoms with Gasteiger partial charge in [0.05, 0.1) is 23.2 Å². The molecule has 0 bridgehead atoms. The third kappa shape index (κ3) is 1.50. The van der Waals surface area contributed by atoms with Crippen LogP contribution in [0, 0.1) is 0 Å². The van der Waals surface area contributed by atoms with Crippen molar-refractivity contribution in [2.45, 2.75) is 5.72 Å². The molecule has 2 aliphatic rings. The SMILES string of the molecule is O=C1c2ccc(Cl)cc2C2(c3ccccc3)N1CC[O+]2[O-]. The average molecular weight is 302 g/mol. The molecule has 0 aliphatic carbocycles. The number of fused-ring (bicyclic) bond motifs is 3. The molecule has 4 nitrogen and oxygen atoms in total. The van der Waals surface area contributed by atoms with Crippen LogP contribution < -0.4 is 5.26 Å². The minimum absolute atomic E-state index is 0.128. The Hall–Kier alpha value is -1.88. The van der Waals surface area contributed by atoms with Crippen molar-refractivity contribution in [3.05, 3.63) is 70.2 Å². The summed E-state index contributed by atoms with van der Waals surface area (Å²) in [5.74, 6) is -0.128. The van der Waals surface area contributed by atoms with Crippen molar-refractivity contribution in [1.29, 1.82) is 0 Å². The Morgan fingerprint density at radius 1 is 1.19 bits per heavy atom. The lowest BCUT2D eigenvalue weighted by molar-refractivity contribution is -0.819. The maximum atomic E-state index is 12.6. The van der Waals surface area contributed by atoms with Crippen molar-refractivity contribution in [3.8, 4) is 0 Å². The van der Waals surface area contributed by atoms with E-state index >= 15 is 0 Å². The number of benzene rings is 2. The number of amides is 1. The van der Waals surface area contributed by atoms with Gasteiger partial charge in [-0.1, -0.05) is 29.8 Å². The molecule has 1 saturated heterocycles.